The van der Waals surface area contributed by atoms with E-state index in [4.69, 9.17) is 0 Å². The van der Waals surface area contributed by atoms with Crippen molar-refractivity contribution in [1.29, 1.82) is 0 Å². The number of carbonyl (C=O) groups excluding carboxylic acids is 1. The number of piperidine rings is 1. The van der Waals surface area contributed by atoms with Crippen molar-refractivity contribution in [2.45, 2.75) is 45.4 Å². The predicted octanol–water partition coefficient (Wildman–Crippen LogP) is 6.13. The van der Waals surface area contributed by atoms with Crippen LogP contribution >= 0.6 is 15.9 Å². The van der Waals surface area contributed by atoms with E-state index in [0.29, 0.717) is 13.1 Å². The molecule has 0 radical (unpaired) electrons. The lowest BCUT2D eigenvalue weighted by Crippen LogP contribution is -2.50. The molecular formula is C28H32BrN3O. The van der Waals surface area contributed by atoms with Gasteiger partial charge in [0.25, 0.3) is 0 Å². The summed E-state index contributed by atoms with van der Waals surface area (Å²) in [5, 5.41) is 3.15. The van der Waals surface area contributed by atoms with Gasteiger partial charge in [-0.3, -0.25) is 4.90 Å². The van der Waals surface area contributed by atoms with Crippen LogP contribution in [0.3, 0.4) is 0 Å². The van der Waals surface area contributed by atoms with Crippen LogP contribution in [0, 0.1) is 6.92 Å². The molecule has 33 heavy (non-hydrogen) atoms. The van der Waals surface area contributed by atoms with Crippen molar-refractivity contribution >= 4 is 22.0 Å². The topological polar surface area (TPSA) is 35.6 Å². The summed E-state index contributed by atoms with van der Waals surface area (Å²) in [7, 11) is 0. The van der Waals surface area contributed by atoms with Gasteiger partial charge >= 0.3 is 6.03 Å². The van der Waals surface area contributed by atoms with Gasteiger partial charge in [0.05, 0.1) is 0 Å². The van der Waals surface area contributed by atoms with E-state index >= 15 is 0 Å². The number of rotatable bonds is 7. The molecule has 0 aromatic heterocycles. The molecule has 3 aromatic rings. The number of amides is 2. The van der Waals surface area contributed by atoms with Gasteiger partial charge in [-0.05, 0) is 42.5 Å². The fourth-order valence-corrected chi connectivity index (χ4v) is 4.80. The van der Waals surface area contributed by atoms with Crippen LogP contribution in [0.15, 0.2) is 83.3 Å². The minimum atomic E-state index is 0.0173. The van der Waals surface area contributed by atoms with Crippen LogP contribution in [0.4, 0.5) is 4.79 Å². The Kier molecular flexibility index (Phi) is 8.19. The first kappa shape index (κ1) is 23.5. The molecule has 3 aromatic carbocycles. The molecular weight excluding hydrogens is 474 g/mol. The summed E-state index contributed by atoms with van der Waals surface area (Å²) < 4.78 is 1.16. The number of benzene rings is 3. The van der Waals surface area contributed by atoms with Gasteiger partial charge in [-0.1, -0.05) is 94.3 Å². The van der Waals surface area contributed by atoms with Crippen LogP contribution in [-0.2, 0) is 19.6 Å². The molecule has 1 N–H and O–H groups in total. The smallest absolute Gasteiger partial charge is 0.318 e. The van der Waals surface area contributed by atoms with E-state index in [2.05, 4.69) is 81.6 Å². The van der Waals surface area contributed by atoms with Crippen molar-refractivity contribution < 1.29 is 4.79 Å². The van der Waals surface area contributed by atoms with Crippen molar-refractivity contribution in [1.82, 2.24) is 15.1 Å². The Morgan fingerprint density at radius 2 is 1.61 bits per heavy atom. The molecule has 0 unspecified atom stereocenters. The Morgan fingerprint density at radius 1 is 0.939 bits per heavy atom. The van der Waals surface area contributed by atoms with Gasteiger partial charge in [0, 0.05) is 43.2 Å². The quantitative estimate of drug-likeness (QED) is 0.418. The van der Waals surface area contributed by atoms with Gasteiger partial charge in [0.2, 0.25) is 0 Å². The summed E-state index contributed by atoms with van der Waals surface area (Å²) in [5.74, 6) is 0. The second-order valence-electron chi connectivity index (χ2n) is 8.86. The molecule has 0 aliphatic carbocycles. The Bertz CT molecular complexity index is 1030. The van der Waals surface area contributed by atoms with Crippen molar-refractivity contribution in [3.63, 3.8) is 0 Å². The van der Waals surface area contributed by atoms with E-state index < -0.39 is 0 Å². The molecule has 0 bridgehead atoms. The maximum atomic E-state index is 13.3. The van der Waals surface area contributed by atoms with Crippen LogP contribution in [0.1, 0.15) is 35.1 Å². The Labute approximate surface area is 205 Å². The number of nitrogens with zero attached hydrogens (tertiary/aromatic N) is 2. The van der Waals surface area contributed by atoms with E-state index in [-0.39, 0.29) is 12.1 Å². The fraction of sp³-hybridized carbons (Fsp3) is 0.321. The minimum absolute atomic E-state index is 0.0173. The SMILES string of the molecule is Cc1ccc(CN(C(=O)NCc2ccccc2)C2CCN(Cc3ccccc3Br)CC2)cc1. The van der Waals surface area contributed by atoms with Crippen LogP contribution in [-0.4, -0.2) is 35.0 Å². The fourth-order valence-electron chi connectivity index (χ4n) is 4.39. The summed E-state index contributed by atoms with van der Waals surface area (Å²) in [6.45, 7) is 6.19. The highest BCUT2D eigenvalue weighted by molar-refractivity contribution is 9.10. The maximum Gasteiger partial charge on any atom is 0.318 e. The number of aryl methyl sites for hydroxylation is 1. The van der Waals surface area contributed by atoms with E-state index in [9.17, 15) is 4.79 Å². The monoisotopic (exact) mass is 505 g/mol. The lowest BCUT2D eigenvalue weighted by Gasteiger charge is -2.38. The zero-order chi connectivity index (χ0) is 23.0. The molecule has 0 saturated carbocycles. The highest BCUT2D eigenvalue weighted by atomic mass is 79.9. The number of hydrogen-bond acceptors (Lipinski definition) is 2. The zero-order valence-electron chi connectivity index (χ0n) is 19.2. The molecule has 1 heterocycles. The molecule has 4 nitrogen and oxygen atoms in total. The third-order valence-electron chi connectivity index (χ3n) is 6.37. The summed E-state index contributed by atoms with van der Waals surface area (Å²) in [5.41, 5.74) is 4.84. The first-order valence-corrected chi connectivity index (χ1v) is 12.5. The Balaban J connectivity index is 1.41. The number of likely N-dealkylation sites (tertiary alicyclic amines) is 1. The standard InChI is InChI=1S/C28H32BrN3O/c1-22-11-13-24(14-12-22)20-32(28(33)30-19-23-7-3-2-4-8-23)26-15-17-31(18-16-26)21-25-9-5-6-10-27(25)29/h2-14,26H,15-21H2,1H3,(H,30,33). The number of hydrogen-bond donors (Lipinski definition) is 1. The lowest BCUT2D eigenvalue weighted by molar-refractivity contribution is 0.113. The van der Waals surface area contributed by atoms with Gasteiger partial charge in [0.1, 0.15) is 0 Å². The maximum absolute atomic E-state index is 13.3. The summed E-state index contributed by atoms with van der Waals surface area (Å²) >= 11 is 3.67. The average Bonchev–Trinajstić information content (AvgIpc) is 2.85. The van der Waals surface area contributed by atoms with Crippen molar-refractivity contribution in [3.05, 3.63) is 106 Å². The van der Waals surface area contributed by atoms with Gasteiger partial charge in [-0.25, -0.2) is 4.79 Å². The minimum Gasteiger partial charge on any atom is -0.334 e. The largest absolute Gasteiger partial charge is 0.334 e. The molecule has 1 aliphatic rings. The first-order chi connectivity index (χ1) is 16.1. The van der Waals surface area contributed by atoms with Gasteiger partial charge < -0.3 is 10.2 Å². The summed E-state index contributed by atoms with van der Waals surface area (Å²) in [6.07, 6.45) is 1.96. The first-order valence-electron chi connectivity index (χ1n) is 11.7. The van der Waals surface area contributed by atoms with Crippen molar-refractivity contribution in [2.75, 3.05) is 13.1 Å². The predicted molar refractivity (Wildman–Crippen MR) is 138 cm³/mol. The molecule has 2 amide bonds. The molecule has 1 saturated heterocycles. The van der Waals surface area contributed by atoms with Crippen LogP contribution < -0.4 is 5.32 Å². The number of halogens is 1. The van der Waals surface area contributed by atoms with Crippen LogP contribution in [0.5, 0.6) is 0 Å². The van der Waals surface area contributed by atoms with E-state index in [1.165, 1.54) is 16.7 Å². The normalized spacial score (nSPS) is 14.7. The van der Waals surface area contributed by atoms with E-state index in [0.717, 1.165) is 42.5 Å². The third kappa shape index (κ3) is 6.68. The summed E-state index contributed by atoms with van der Waals surface area (Å²) in [4.78, 5) is 17.8. The summed E-state index contributed by atoms with van der Waals surface area (Å²) in [6, 6.07) is 27.3. The molecule has 5 heteroatoms. The highest BCUT2D eigenvalue weighted by Gasteiger charge is 2.28. The second kappa shape index (κ2) is 11.5. The molecule has 0 atom stereocenters. The van der Waals surface area contributed by atoms with Crippen LogP contribution in [0.2, 0.25) is 0 Å². The van der Waals surface area contributed by atoms with Gasteiger partial charge in [-0.2, -0.15) is 0 Å². The number of nitrogens with one attached hydrogen (secondary N) is 1. The highest BCUT2D eigenvalue weighted by Crippen LogP contribution is 2.23. The number of urea groups is 1. The zero-order valence-corrected chi connectivity index (χ0v) is 20.8. The Hall–Kier alpha value is -2.63. The third-order valence-corrected chi connectivity index (χ3v) is 7.14. The van der Waals surface area contributed by atoms with Crippen molar-refractivity contribution in [3.8, 4) is 0 Å². The average molecular weight is 506 g/mol. The Morgan fingerprint density at radius 3 is 2.30 bits per heavy atom. The van der Waals surface area contributed by atoms with Gasteiger partial charge in [-0.15, -0.1) is 0 Å². The lowest BCUT2D eigenvalue weighted by atomic mass is 10.0. The molecule has 172 valence electrons. The van der Waals surface area contributed by atoms with E-state index in [1.807, 2.05) is 35.2 Å². The van der Waals surface area contributed by atoms with Gasteiger partial charge in [0.15, 0.2) is 0 Å². The van der Waals surface area contributed by atoms with Crippen LogP contribution in [0.25, 0.3) is 0 Å². The van der Waals surface area contributed by atoms with Crippen molar-refractivity contribution in [2.24, 2.45) is 0 Å². The molecule has 0 spiro atoms. The number of carbonyl (C=O) groups is 1. The van der Waals surface area contributed by atoms with E-state index in [1.54, 1.807) is 0 Å². The molecule has 1 fully saturated rings. The second-order valence-corrected chi connectivity index (χ2v) is 9.71. The molecule has 1 aliphatic heterocycles. The molecule has 4 rings (SSSR count).